The van der Waals surface area contributed by atoms with Crippen LogP contribution >= 0.6 is 0 Å². The highest BCUT2D eigenvalue weighted by Gasteiger charge is 2.19. The Balaban J connectivity index is 2.01. The zero-order valence-electron chi connectivity index (χ0n) is 13.1. The largest absolute Gasteiger partial charge is 0.481 e. The van der Waals surface area contributed by atoms with Crippen LogP contribution in [0.5, 0.6) is 0 Å². The molecule has 0 spiro atoms. The van der Waals surface area contributed by atoms with Crippen LogP contribution in [-0.2, 0) is 16.0 Å². The summed E-state index contributed by atoms with van der Waals surface area (Å²) in [6.07, 6.45) is 0.306. The molecule has 2 N–H and O–H groups in total. The van der Waals surface area contributed by atoms with Gasteiger partial charge in [-0.15, -0.1) is 0 Å². The van der Waals surface area contributed by atoms with Crippen LogP contribution in [0.2, 0.25) is 0 Å². The lowest BCUT2D eigenvalue weighted by Gasteiger charge is -2.19. The smallest absolute Gasteiger partial charge is 0.305 e. The van der Waals surface area contributed by atoms with Gasteiger partial charge in [-0.05, 0) is 25.0 Å². The minimum atomic E-state index is -0.967. The van der Waals surface area contributed by atoms with Gasteiger partial charge in [0, 0.05) is 12.8 Å². The third-order valence-electron chi connectivity index (χ3n) is 3.41. The van der Waals surface area contributed by atoms with Crippen molar-refractivity contribution in [1.82, 2.24) is 15.5 Å². The first kappa shape index (κ1) is 16.7. The Morgan fingerprint density at radius 2 is 2.04 bits per heavy atom. The number of carboxylic acids is 1. The first-order valence-electron chi connectivity index (χ1n) is 7.31. The zero-order valence-corrected chi connectivity index (χ0v) is 13.1. The molecule has 2 aromatic rings. The summed E-state index contributed by atoms with van der Waals surface area (Å²) in [7, 11) is 0. The molecule has 0 saturated carbocycles. The number of amides is 1. The first-order chi connectivity index (χ1) is 11.0. The Kier molecular flexibility index (Phi) is 5.46. The number of benzene rings is 1. The van der Waals surface area contributed by atoms with Crippen molar-refractivity contribution in [3.8, 4) is 0 Å². The molecule has 0 aliphatic carbocycles. The summed E-state index contributed by atoms with van der Waals surface area (Å²) in [5.74, 6) is -0.311. The van der Waals surface area contributed by atoms with Gasteiger partial charge in [0.05, 0.1) is 12.5 Å². The number of carboxylic acid groups (broad SMARTS) is 1. The predicted octanol–water partition coefficient (Wildman–Crippen LogP) is 1.95. The lowest BCUT2D eigenvalue weighted by Crippen LogP contribution is -2.30. The molecule has 0 radical (unpaired) electrons. The summed E-state index contributed by atoms with van der Waals surface area (Å²) in [6, 6.07) is 6.84. The SMILES string of the molecule is Cc1noc(CCC(=O)NC(CC(=O)O)c2ccccc2C)n1. The molecule has 0 bridgehead atoms. The number of hydrogen-bond acceptors (Lipinski definition) is 5. The fourth-order valence-electron chi connectivity index (χ4n) is 2.32. The molecular formula is C16H19N3O4. The summed E-state index contributed by atoms with van der Waals surface area (Å²) in [5.41, 5.74) is 1.74. The van der Waals surface area contributed by atoms with Gasteiger partial charge in [-0.3, -0.25) is 9.59 Å². The molecule has 2 rings (SSSR count). The van der Waals surface area contributed by atoms with E-state index in [1.165, 1.54) is 0 Å². The van der Waals surface area contributed by atoms with E-state index in [0.717, 1.165) is 11.1 Å². The van der Waals surface area contributed by atoms with Crippen molar-refractivity contribution in [2.75, 3.05) is 0 Å². The van der Waals surface area contributed by atoms with E-state index in [1.54, 1.807) is 6.92 Å². The van der Waals surface area contributed by atoms with E-state index < -0.39 is 12.0 Å². The van der Waals surface area contributed by atoms with Crippen LogP contribution < -0.4 is 5.32 Å². The number of nitrogens with one attached hydrogen (secondary N) is 1. The van der Waals surface area contributed by atoms with Gasteiger partial charge in [-0.1, -0.05) is 29.4 Å². The average molecular weight is 317 g/mol. The minimum absolute atomic E-state index is 0.156. The second-order valence-corrected chi connectivity index (χ2v) is 5.31. The molecular weight excluding hydrogens is 298 g/mol. The van der Waals surface area contributed by atoms with Crippen molar-refractivity contribution in [2.24, 2.45) is 0 Å². The van der Waals surface area contributed by atoms with Crippen LogP contribution in [0, 0.1) is 13.8 Å². The van der Waals surface area contributed by atoms with Crippen molar-refractivity contribution in [1.29, 1.82) is 0 Å². The van der Waals surface area contributed by atoms with Gasteiger partial charge >= 0.3 is 5.97 Å². The standard InChI is InChI=1S/C16H19N3O4/c1-10-5-3-4-6-12(10)13(9-16(21)22)18-14(20)7-8-15-17-11(2)19-23-15/h3-6,13H,7-9H2,1-2H3,(H,18,20)(H,21,22). The second kappa shape index (κ2) is 7.53. The molecule has 0 saturated heterocycles. The fraction of sp³-hybridized carbons (Fsp3) is 0.375. The van der Waals surface area contributed by atoms with E-state index in [0.29, 0.717) is 18.1 Å². The summed E-state index contributed by atoms with van der Waals surface area (Å²) in [5, 5.41) is 15.5. The molecule has 0 aliphatic rings. The third kappa shape index (κ3) is 4.91. The summed E-state index contributed by atoms with van der Waals surface area (Å²) in [6.45, 7) is 3.59. The molecule has 1 aromatic heterocycles. The van der Waals surface area contributed by atoms with E-state index >= 15 is 0 Å². The maximum atomic E-state index is 12.1. The summed E-state index contributed by atoms with van der Waals surface area (Å²) in [4.78, 5) is 27.2. The Labute approximate surface area is 133 Å². The van der Waals surface area contributed by atoms with Crippen molar-refractivity contribution < 1.29 is 19.2 Å². The highest BCUT2D eigenvalue weighted by molar-refractivity contribution is 5.78. The van der Waals surface area contributed by atoms with E-state index in [-0.39, 0.29) is 18.7 Å². The Morgan fingerprint density at radius 3 is 2.65 bits per heavy atom. The lowest BCUT2D eigenvalue weighted by molar-refractivity contribution is -0.137. The second-order valence-electron chi connectivity index (χ2n) is 5.31. The van der Waals surface area contributed by atoms with Crippen LogP contribution in [0.4, 0.5) is 0 Å². The van der Waals surface area contributed by atoms with Gasteiger partial charge in [0.25, 0.3) is 0 Å². The summed E-state index contributed by atoms with van der Waals surface area (Å²) >= 11 is 0. The maximum Gasteiger partial charge on any atom is 0.305 e. The van der Waals surface area contributed by atoms with E-state index in [4.69, 9.17) is 9.63 Å². The highest BCUT2D eigenvalue weighted by atomic mass is 16.5. The highest BCUT2D eigenvalue weighted by Crippen LogP contribution is 2.21. The topological polar surface area (TPSA) is 105 Å². The van der Waals surface area contributed by atoms with Crippen LogP contribution in [0.1, 0.15) is 41.7 Å². The lowest BCUT2D eigenvalue weighted by atomic mass is 9.98. The minimum Gasteiger partial charge on any atom is -0.481 e. The first-order valence-corrected chi connectivity index (χ1v) is 7.31. The number of nitrogens with zero attached hydrogens (tertiary/aromatic N) is 2. The quantitative estimate of drug-likeness (QED) is 0.808. The van der Waals surface area contributed by atoms with Crippen molar-refractivity contribution >= 4 is 11.9 Å². The maximum absolute atomic E-state index is 12.1. The van der Waals surface area contributed by atoms with Gasteiger partial charge in [0.1, 0.15) is 0 Å². The number of aliphatic carboxylic acids is 1. The predicted molar refractivity (Wildman–Crippen MR) is 81.7 cm³/mol. The Bertz CT molecular complexity index is 696. The van der Waals surface area contributed by atoms with Crippen LogP contribution in [0.15, 0.2) is 28.8 Å². The number of hydrogen-bond donors (Lipinski definition) is 2. The zero-order chi connectivity index (χ0) is 16.8. The molecule has 122 valence electrons. The normalized spacial score (nSPS) is 11.9. The fourth-order valence-corrected chi connectivity index (χ4v) is 2.32. The molecule has 23 heavy (non-hydrogen) atoms. The number of carbonyl (C=O) groups excluding carboxylic acids is 1. The number of aromatic nitrogens is 2. The average Bonchev–Trinajstić information content (AvgIpc) is 2.90. The van der Waals surface area contributed by atoms with Crippen LogP contribution in [0.25, 0.3) is 0 Å². The van der Waals surface area contributed by atoms with Crippen molar-refractivity contribution in [2.45, 2.75) is 39.2 Å². The number of rotatable bonds is 7. The molecule has 7 nitrogen and oxygen atoms in total. The van der Waals surface area contributed by atoms with Gasteiger partial charge < -0.3 is 14.9 Å². The van der Waals surface area contributed by atoms with Crippen LogP contribution in [0.3, 0.4) is 0 Å². The van der Waals surface area contributed by atoms with Gasteiger partial charge in [-0.25, -0.2) is 0 Å². The van der Waals surface area contributed by atoms with E-state index in [2.05, 4.69) is 15.5 Å². The summed E-state index contributed by atoms with van der Waals surface area (Å²) < 4.78 is 4.95. The molecule has 1 aromatic carbocycles. The third-order valence-corrected chi connectivity index (χ3v) is 3.41. The molecule has 1 unspecified atom stereocenters. The van der Waals surface area contributed by atoms with E-state index in [1.807, 2.05) is 31.2 Å². The number of carbonyl (C=O) groups is 2. The Hall–Kier alpha value is -2.70. The van der Waals surface area contributed by atoms with E-state index in [9.17, 15) is 9.59 Å². The van der Waals surface area contributed by atoms with Crippen LogP contribution in [-0.4, -0.2) is 27.1 Å². The van der Waals surface area contributed by atoms with Gasteiger partial charge in [0.2, 0.25) is 11.8 Å². The van der Waals surface area contributed by atoms with Gasteiger partial charge in [0.15, 0.2) is 5.82 Å². The monoisotopic (exact) mass is 317 g/mol. The molecule has 0 aliphatic heterocycles. The molecule has 1 amide bonds. The molecule has 1 atom stereocenters. The molecule has 0 fully saturated rings. The molecule has 7 heteroatoms. The molecule has 1 heterocycles. The van der Waals surface area contributed by atoms with Gasteiger partial charge in [-0.2, -0.15) is 4.98 Å². The Morgan fingerprint density at radius 1 is 1.30 bits per heavy atom. The number of aryl methyl sites for hydroxylation is 3. The van der Waals surface area contributed by atoms with Crippen molar-refractivity contribution in [3.05, 3.63) is 47.1 Å². The van der Waals surface area contributed by atoms with Crippen molar-refractivity contribution in [3.63, 3.8) is 0 Å².